The number of likely N-dealkylation sites (tertiary alicyclic amines) is 1. The summed E-state index contributed by atoms with van der Waals surface area (Å²) >= 11 is 0. The van der Waals surface area contributed by atoms with Crippen molar-refractivity contribution in [3.63, 3.8) is 0 Å². The lowest BCUT2D eigenvalue weighted by Crippen LogP contribution is -2.42. The molecule has 2 saturated heterocycles. The number of ether oxygens (including phenoxy) is 1. The van der Waals surface area contributed by atoms with E-state index in [1.807, 2.05) is 37.4 Å². The molecular formula is C20H25N3O3. The van der Waals surface area contributed by atoms with E-state index in [4.69, 9.17) is 9.15 Å². The van der Waals surface area contributed by atoms with Crippen LogP contribution in [0, 0.1) is 5.92 Å². The van der Waals surface area contributed by atoms with E-state index in [2.05, 4.69) is 9.88 Å². The van der Waals surface area contributed by atoms with Crippen molar-refractivity contribution in [3.05, 3.63) is 54.2 Å². The number of carbonyl (C=O) groups excluding carboxylic acids is 1. The number of piperidine rings is 1. The SMILES string of the molecule is CN(Cc1ccccn1)C(=O)[C@H]1C[C@@H]2CCN(Cc3ccco3)C[C@@H]2O1. The first-order valence-electron chi connectivity index (χ1n) is 9.24. The van der Waals surface area contributed by atoms with E-state index in [0.29, 0.717) is 12.5 Å². The molecule has 2 aromatic rings. The van der Waals surface area contributed by atoms with Crippen molar-refractivity contribution >= 4 is 5.91 Å². The Morgan fingerprint density at radius 3 is 3.04 bits per heavy atom. The molecule has 1 amide bonds. The van der Waals surface area contributed by atoms with Gasteiger partial charge in [-0.2, -0.15) is 0 Å². The zero-order valence-electron chi connectivity index (χ0n) is 15.1. The van der Waals surface area contributed by atoms with Gasteiger partial charge in [0.25, 0.3) is 5.91 Å². The van der Waals surface area contributed by atoms with Crippen molar-refractivity contribution in [1.29, 1.82) is 0 Å². The zero-order valence-corrected chi connectivity index (χ0v) is 15.1. The number of nitrogens with zero attached hydrogens (tertiary/aromatic N) is 3. The van der Waals surface area contributed by atoms with Crippen LogP contribution < -0.4 is 0 Å². The summed E-state index contributed by atoms with van der Waals surface area (Å²) in [6.45, 7) is 3.20. The van der Waals surface area contributed by atoms with Gasteiger partial charge >= 0.3 is 0 Å². The molecule has 6 nitrogen and oxygen atoms in total. The molecule has 4 rings (SSSR count). The van der Waals surface area contributed by atoms with E-state index in [1.165, 1.54) is 0 Å². The van der Waals surface area contributed by atoms with Crippen LogP contribution in [0.5, 0.6) is 0 Å². The molecule has 0 bridgehead atoms. The number of aromatic nitrogens is 1. The molecule has 0 spiro atoms. The number of pyridine rings is 1. The van der Waals surface area contributed by atoms with Gasteiger partial charge < -0.3 is 14.1 Å². The van der Waals surface area contributed by atoms with E-state index in [1.54, 1.807) is 17.4 Å². The summed E-state index contributed by atoms with van der Waals surface area (Å²) in [7, 11) is 1.82. The number of furan rings is 1. The predicted molar refractivity (Wildman–Crippen MR) is 96.1 cm³/mol. The second-order valence-corrected chi connectivity index (χ2v) is 7.28. The smallest absolute Gasteiger partial charge is 0.251 e. The monoisotopic (exact) mass is 355 g/mol. The van der Waals surface area contributed by atoms with E-state index in [-0.39, 0.29) is 18.1 Å². The van der Waals surface area contributed by atoms with Crippen LogP contribution in [-0.4, -0.2) is 53.0 Å². The highest BCUT2D eigenvalue weighted by Gasteiger charge is 2.42. The number of hydrogen-bond donors (Lipinski definition) is 0. The largest absolute Gasteiger partial charge is 0.468 e. The van der Waals surface area contributed by atoms with Crippen LogP contribution in [-0.2, 0) is 22.6 Å². The minimum atomic E-state index is -0.331. The minimum absolute atomic E-state index is 0.0580. The molecule has 0 N–H and O–H groups in total. The molecule has 6 heteroatoms. The molecule has 2 aliphatic heterocycles. The van der Waals surface area contributed by atoms with Crippen LogP contribution in [0.25, 0.3) is 0 Å². The number of fused-ring (bicyclic) bond motifs is 1. The molecule has 2 aromatic heterocycles. The predicted octanol–water partition coefficient (Wildman–Crippen LogP) is 2.31. The maximum Gasteiger partial charge on any atom is 0.251 e. The summed E-state index contributed by atoms with van der Waals surface area (Å²) in [6.07, 6.45) is 5.16. The molecule has 0 radical (unpaired) electrons. The van der Waals surface area contributed by atoms with E-state index < -0.39 is 0 Å². The van der Waals surface area contributed by atoms with Crippen molar-refractivity contribution in [2.24, 2.45) is 5.92 Å². The third kappa shape index (κ3) is 3.81. The van der Waals surface area contributed by atoms with Crippen molar-refractivity contribution in [2.45, 2.75) is 38.1 Å². The topological polar surface area (TPSA) is 58.8 Å². The molecular weight excluding hydrogens is 330 g/mol. The highest BCUT2D eigenvalue weighted by Crippen LogP contribution is 2.34. The van der Waals surface area contributed by atoms with Crippen LogP contribution in [0.15, 0.2) is 47.2 Å². The quantitative estimate of drug-likeness (QED) is 0.824. The summed E-state index contributed by atoms with van der Waals surface area (Å²) < 4.78 is 11.6. The van der Waals surface area contributed by atoms with Crippen LogP contribution in [0.4, 0.5) is 0 Å². The Balaban J connectivity index is 1.32. The van der Waals surface area contributed by atoms with E-state index >= 15 is 0 Å². The fourth-order valence-electron chi connectivity index (χ4n) is 3.98. The molecule has 2 aliphatic rings. The van der Waals surface area contributed by atoms with Gasteiger partial charge in [-0.3, -0.25) is 14.7 Å². The van der Waals surface area contributed by atoms with Crippen LogP contribution in [0.1, 0.15) is 24.3 Å². The average molecular weight is 355 g/mol. The molecule has 3 atom stereocenters. The Kier molecular flexibility index (Phi) is 5.04. The van der Waals surface area contributed by atoms with Gasteiger partial charge in [0, 0.05) is 19.8 Å². The third-order valence-corrected chi connectivity index (χ3v) is 5.37. The molecule has 0 aromatic carbocycles. The number of hydrogen-bond acceptors (Lipinski definition) is 5. The standard InChI is InChI=1S/C20H25N3O3/c1-22(12-16-5-2-3-8-21-16)20(24)18-11-15-7-9-23(14-19(15)26-18)13-17-6-4-10-25-17/h2-6,8,10,15,18-19H,7,9,11-14H2,1H3/t15-,18+,19-/m0/s1. The van der Waals surface area contributed by atoms with Crippen LogP contribution in [0.2, 0.25) is 0 Å². The van der Waals surface area contributed by atoms with Gasteiger partial charge in [-0.25, -0.2) is 0 Å². The number of amides is 1. The van der Waals surface area contributed by atoms with E-state index in [9.17, 15) is 4.79 Å². The number of rotatable bonds is 5. The number of carbonyl (C=O) groups is 1. The van der Waals surface area contributed by atoms with Crippen molar-refractivity contribution in [1.82, 2.24) is 14.8 Å². The normalized spacial score (nSPS) is 25.8. The maximum absolute atomic E-state index is 12.8. The van der Waals surface area contributed by atoms with Gasteiger partial charge in [-0.15, -0.1) is 0 Å². The lowest BCUT2D eigenvalue weighted by atomic mass is 9.91. The third-order valence-electron chi connectivity index (χ3n) is 5.37. The lowest BCUT2D eigenvalue weighted by Gasteiger charge is -2.33. The van der Waals surface area contributed by atoms with E-state index in [0.717, 1.165) is 43.9 Å². The Bertz CT molecular complexity index is 719. The second-order valence-electron chi connectivity index (χ2n) is 7.28. The molecule has 4 heterocycles. The average Bonchev–Trinajstić information content (AvgIpc) is 3.31. The first-order valence-corrected chi connectivity index (χ1v) is 9.24. The Labute approximate surface area is 153 Å². The van der Waals surface area contributed by atoms with Gasteiger partial charge in [0.1, 0.15) is 11.9 Å². The molecule has 138 valence electrons. The first-order chi connectivity index (χ1) is 12.7. The molecule has 26 heavy (non-hydrogen) atoms. The van der Waals surface area contributed by atoms with Gasteiger partial charge in [0.2, 0.25) is 0 Å². The second kappa shape index (κ2) is 7.60. The highest BCUT2D eigenvalue weighted by molar-refractivity contribution is 5.81. The fourth-order valence-corrected chi connectivity index (χ4v) is 3.98. The zero-order chi connectivity index (χ0) is 17.9. The lowest BCUT2D eigenvalue weighted by molar-refractivity contribution is -0.143. The van der Waals surface area contributed by atoms with Gasteiger partial charge in [0.05, 0.1) is 31.2 Å². The van der Waals surface area contributed by atoms with Gasteiger partial charge in [0.15, 0.2) is 0 Å². The molecule has 0 saturated carbocycles. The first kappa shape index (κ1) is 17.2. The van der Waals surface area contributed by atoms with Gasteiger partial charge in [-0.05, 0) is 49.6 Å². The minimum Gasteiger partial charge on any atom is -0.468 e. The summed E-state index contributed by atoms with van der Waals surface area (Å²) in [5, 5.41) is 0. The summed E-state index contributed by atoms with van der Waals surface area (Å²) in [4.78, 5) is 21.1. The van der Waals surface area contributed by atoms with Crippen molar-refractivity contribution in [2.75, 3.05) is 20.1 Å². The summed E-state index contributed by atoms with van der Waals surface area (Å²) in [5.74, 6) is 1.51. The Morgan fingerprint density at radius 1 is 1.35 bits per heavy atom. The highest BCUT2D eigenvalue weighted by atomic mass is 16.5. The van der Waals surface area contributed by atoms with Crippen LogP contribution in [0.3, 0.4) is 0 Å². The van der Waals surface area contributed by atoms with Crippen LogP contribution >= 0.6 is 0 Å². The van der Waals surface area contributed by atoms with Crippen molar-refractivity contribution < 1.29 is 13.9 Å². The maximum atomic E-state index is 12.8. The Hall–Kier alpha value is -2.18. The molecule has 2 fully saturated rings. The molecule has 0 unspecified atom stereocenters. The summed E-state index contributed by atoms with van der Waals surface area (Å²) in [5.41, 5.74) is 0.892. The number of likely N-dealkylation sites (N-methyl/N-ethyl adjacent to an activating group) is 1. The fraction of sp³-hybridized carbons (Fsp3) is 0.500. The summed E-state index contributed by atoms with van der Waals surface area (Å²) in [6, 6.07) is 9.67. The molecule has 0 aliphatic carbocycles. The van der Waals surface area contributed by atoms with Crippen molar-refractivity contribution in [3.8, 4) is 0 Å². The van der Waals surface area contributed by atoms with Gasteiger partial charge in [-0.1, -0.05) is 6.07 Å². The Morgan fingerprint density at radius 2 is 2.27 bits per heavy atom.